The van der Waals surface area contributed by atoms with E-state index in [2.05, 4.69) is 24.3 Å². The number of hydrogen-bond acceptors (Lipinski definition) is 3. The lowest BCUT2D eigenvalue weighted by molar-refractivity contribution is -0.132. The minimum atomic E-state index is -0.603. The van der Waals surface area contributed by atoms with Gasteiger partial charge in [0.2, 0.25) is 5.91 Å². The largest absolute Gasteiger partial charge is 0.479 e. The second-order valence-corrected chi connectivity index (χ2v) is 7.08. The van der Waals surface area contributed by atoms with E-state index < -0.39 is 6.10 Å². The third kappa shape index (κ3) is 3.43. The lowest BCUT2D eigenvalue weighted by Gasteiger charge is -2.33. The number of rotatable bonds is 4. The van der Waals surface area contributed by atoms with E-state index in [0.29, 0.717) is 18.0 Å². The van der Waals surface area contributed by atoms with Crippen molar-refractivity contribution in [1.82, 2.24) is 4.90 Å². The molecule has 28 heavy (non-hydrogen) atoms. The summed E-state index contributed by atoms with van der Waals surface area (Å²) in [6, 6.07) is 21.6. The van der Waals surface area contributed by atoms with Crippen molar-refractivity contribution in [2.24, 2.45) is 0 Å². The second kappa shape index (κ2) is 7.35. The van der Waals surface area contributed by atoms with Crippen LogP contribution in [-0.4, -0.2) is 36.4 Å². The van der Waals surface area contributed by atoms with Crippen molar-refractivity contribution in [2.45, 2.75) is 19.6 Å². The first-order chi connectivity index (χ1) is 13.5. The molecule has 1 aliphatic rings. The van der Waals surface area contributed by atoms with Crippen molar-refractivity contribution in [3.8, 4) is 5.75 Å². The molecule has 0 saturated carbocycles. The highest BCUT2D eigenvalue weighted by Crippen LogP contribution is 2.33. The molecule has 0 saturated heterocycles. The van der Waals surface area contributed by atoms with E-state index in [1.54, 1.807) is 24.9 Å². The molecule has 0 radical (unpaired) electrons. The fraction of sp³-hybridized carbons (Fsp3) is 0.217. The zero-order chi connectivity index (χ0) is 19.7. The van der Waals surface area contributed by atoms with E-state index in [-0.39, 0.29) is 18.4 Å². The molecule has 4 rings (SSSR count). The monoisotopic (exact) mass is 374 g/mol. The summed E-state index contributed by atoms with van der Waals surface area (Å²) in [5.41, 5.74) is 1.69. The van der Waals surface area contributed by atoms with E-state index >= 15 is 0 Å². The fourth-order valence-corrected chi connectivity index (χ4v) is 3.48. The summed E-state index contributed by atoms with van der Waals surface area (Å²) in [6.45, 7) is 2.18. The van der Waals surface area contributed by atoms with Crippen molar-refractivity contribution in [3.63, 3.8) is 0 Å². The molecule has 0 fully saturated rings. The van der Waals surface area contributed by atoms with Gasteiger partial charge in [-0.15, -0.1) is 0 Å². The lowest BCUT2D eigenvalue weighted by Crippen LogP contribution is -2.48. The van der Waals surface area contributed by atoms with Crippen LogP contribution in [0.5, 0.6) is 5.75 Å². The zero-order valence-corrected chi connectivity index (χ0v) is 16.0. The van der Waals surface area contributed by atoms with Crippen molar-refractivity contribution in [2.75, 3.05) is 18.5 Å². The van der Waals surface area contributed by atoms with Gasteiger partial charge in [-0.25, -0.2) is 0 Å². The molecule has 2 amide bonds. The molecule has 5 nitrogen and oxygen atoms in total. The lowest BCUT2D eigenvalue weighted by atomic mass is 10.1. The first-order valence-corrected chi connectivity index (χ1v) is 9.31. The van der Waals surface area contributed by atoms with Crippen molar-refractivity contribution in [1.29, 1.82) is 0 Å². The second-order valence-electron chi connectivity index (χ2n) is 7.08. The van der Waals surface area contributed by atoms with E-state index in [1.165, 1.54) is 10.3 Å². The van der Waals surface area contributed by atoms with E-state index in [9.17, 15) is 9.59 Å². The maximum absolute atomic E-state index is 12.8. The predicted molar refractivity (Wildman–Crippen MR) is 109 cm³/mol. The molecule has 0 spiro atoms. The first kappa shape index (κ1) is 18.0. The smallest absolute Gasteiger partial charge is 0.268 e. The first-order valence-electron chi connectivity index (χ1n) is 9.31. The average Bonchev–Trinajstić information content (AvgIpc) is 2.71. The summed E-state index contributed by atoms with van der Waals surface area (Å²) < 4.78 is 5.64. The van der Waals surface area contributed by atoms with Crippen LogP contribution in [0.3, 0.4) is 0 Å². The molecule has 3 aromatic carbocycles. The van der Waals surface area contributed by atoms with E-state index in [4.69, 9.17) is 4.74 Å². The standard InChI is InChI=1S/C23H22N2O3/c1-16-23(27)25(20-9-5-6-10-21(20)28-16)15-22(26)24(2)14-17-11-12-18-7-3-4-8-19(18)13-17/h3-13,16H,14-15H2,1-2H3. The van der Waals surface area contributed by atoms with Crippen molar-refractivity contribution in [3.05, 3.63) is 72.3 Å². The highest BCUT2D eigenvalue weighted by molar-refractivity contribution is 6.03. The number of hydrogen-bond donors (Lipinski definition) is 0. The summed E-state index contributed by atoms with van der Waals surface area (Å²) in [6.07, 6.45) is -0.603. The average molecular weight is 374 g/mol. The van der Waals surface area contributed by atoms with Gasteiger partial charge in [-0.05, 0) is 41.5 Å². The minimum Gasteiger partial charge on any atom is -0.479 e. The zero-order valence-electron chi connectivity index (χ0n) is 16.0. The Morgan fingerprint density at radius 3 is 2.57 bits per heavy atom. The number of nitrogens with zero attached hydrogens (tertiary/aromatic N) is 2. The Bertz CT molecular complexity index is 1050. The van der Waals surface area contributed by atoms with Crippen molar-refractivity contribution >= 4 is 28.3 Å². The molecule has 0 aromatic heterocycles. The number of fused-ring (bicyclic) bond motifs is 2. The molecule has 0 bridgehead atoms. The molecule has 0 aliphatic carbocycles. The molecule has 5 heteroatoms. The highest BCUT2D eigenvalue weighted by atomic mass is 16.5. The van der Waals surface area contributed by atoms with E-state index in [0.717, 1.165) is 10.9 Å². The number of amides is 2. The Morgan fingerprint density at radius 1 is 1.04 bits per heavy atom. The number of likely N-dealkylation sites (N-methyl/N-ethyl adjacent to an activating group) is 1. The van der Waals surface area contributed by atoms with Gasteiger partial charge in [0.25, 0.3) is 5.91 Å². The molecule has 0 N–H and O–H groups in total. The van der Waals surface area contributed by atoms with Gasteiger partial charge >= 0.3 is 0 Å². The van der Waals surface area contributed by atoms with Crippen LogP contribution in [0, 0.1) is 0 Å². The summed E-state index contributed by atoms with van der Waals surface area (Å²) in [5.74, 6) is 0.302. The van der Waals surface area contributed by atoms with Gasteiger partial charge in [0.1, 0.15) is 12.3 Å². The third-order valence-corrected chi connectivity index (χ3v) is 5.03. The maximum atomic E-state index is 12.8. The van der Waals surface area contributed by atoms with Gasteiger partial charge in [0.15, 0.2) is 6.10 Å². The molecule has 1 atom stereocenters. The maximum Gasteiger partial charge on any atom is 0.268 e. The van der Waals surface area contributed by atoms with Crippen LogP contribution in [0.25, 0.3) is 10.8 Å². The Balaban J connectivity index is 1.50. The summed E-state index contributed by atoms with van der Waals surface area (Å²) in [5, 5.41) is 2.32. The summed E-state index contributed by atoms with van der Waals surface area (Å²) in [4.78, 5) is 28.6. The minimum absolute atomic E-state index is 0.00632. The summed E-state index contributed by atoms with van der Waals surface area (Å²) >= 11 is 0. The predicted octanol–water partition coefficient (Wildman–Crippen LogP) is 3.61. The van der Waals surface area contributed by atoms with Crippen LogP contribution in [0.2, 0.25) is 0 Å². The number of carbonyl (C=O) groups excluding carboxylic acids is 2. The number of para-hydroxylation sites is 2. The Hall–Kier alpha value is -3.34. The molecule has 1 aliphatic heterocycles. The number of carbonyl (C=O) groups is 2. The third-order valence-electron chi connectivity index (χ3n) is 5.03. The SMILES string of the molecule is CC1Oc2ccccc2N(CC(=O)N(C)Cc2ccc3ccccc3c2)C1=O. The van der Waals surface area contributed by atoms with Crippen LogP contribution < -0.4 is 9.64 Å². The van der Waals surface area contributed by atoms with E-state index in [1.807, 2.05) is 36.4 Å². The number of anilines is 1. The summed E-state index contributed by atoms with van der Waals surface area (Å²) in [7, 11) is 1.76. The van der Waals surface area contributed by atoms with Gasteiger partial charge in [-0.3, -0.25) is 14.5 Å². The van der Waals surface area contributed by atoms with Crippen LogP contribution in [-0.2, 0) is 16.1 Å². The van der Waals surface area contributed by atoms with Crippen LogP contribution in [0.1, 0.15) is 12.5 Å². The Labute approximate surface area is 164 Å². The van der Waals surface area contributed by atoms with Crippen LogP contribution in [0.4, 0.5) is 5.69 Å². The molecule has 1 heterocycles. The fourth-order valence-electron chi connectivity index (χ4n) is 3.48. The Kier molecular flexibility index (Phi) is 4.74. The normalized spacial score (nSPS) is 15.9. The topological polar surface area (TPSA) is 49.9 Å². The molecule has 3 aromatic rings. The van der Waals surface area contributed by atoms with Gasteiger partial charge < -0.3 is 9.64 Å². The highest BCUT2D eigenvalue weighted by Gasteiger charge is 2.33. The molecular formula is C23H22N2O3. The quantitative estimate of drug-likeness (QED) is 0.701. The number of ether oxygens (including phenoxy) is 1. The van der Waals surface area contributed by atoms with Gasteiger partial charge in [0.05, 0.1) is 5.69 Å². The van der Waals surface area contributed by atoms with Gasteiger partial charge in [0, 0.05) is 13.6 Å². The molecular weight excluding hydrogens is 352 g/mol. The molecule has 1 unspecified atom stereocenters. The molecule has 142 valence electrons. The Morgan fingerprint density at radius 2 is 1.75 bits per heavy atom. The van der Waals surface area contributed by atoms with Gasteiger partial charge in [-0.1, -0.05) is 48.5 Å². The van der Waals surface area contributed by atoms with Crippen molar-refractivity contribution < 1.29 is 14.3 Å². The number of benzene rings is 3. The van der Waals surface area contributed by atoms with Crippen LogP contribution >= 0.6 is 0 Å². The van der Waals surface area contributed by atoms with Crippen LogP contribution in [0.15, 0.2) is 66.7 Å². The van der Waals surface area contributed by atoms with Gasteiger partial charge in [-0.2, -0.15) is 0 Å².